The number of rotatable bonds is 8. The molecule has 2 aromatic rings. The number of amides is 1. The lowest BCUT2D eigenvalue weighted by atomic mass is 10.1. The molecule has 1 N–H and O–H groups in total. The zero-order valence-corrected chi connectivity index (χ0v) is 18.3. The van der Waals surface area contributed by atoms with Gasteiger partial charge in [0.25, 0.3) is 5.91 Å². The van der Waals surface area contributed by atoms with Crippen molar-refractivity contribution in [2.45, 2.75) is 27.2 Å². The topological polar surface area (TPSA) is 100 Å². The molecule has 0 fully saturated rings. The van der Waals surface area contributed by atoms with Crippen LogP contribution in [0.25, 0.3) is 6.08 Å². The van der Waals surface area contributed by atoms with Crippen molar-refractivity contribution in [1.82, 2.24) is 0 Å². The van der Waals surface area contributed by atoms with Gasteiger partial charge in [0.15, 0.2) is 18.1 Å². The van der Waals surface area contributed by atoms with E-state index in [1.807, 2.05) is 13.8 Å². The normalized spacial score (nSPS) is 12.1. The predicted octanol–water partition coefficient (Wildman–Crippen LogP) is 3.72. The molecule has 0 unspecified atom stereocenters. The summed E-state index contributed by atoms with van der Waals surface area (Å²) >= 11 is 1.31. The summed E-state index contributed by atoms with van der Waals surface area (Å²) in [6, 6.07) is 5.25. The molecule has 9 heteroatoms. The van der Waals surface area contributed by atoms with Gasteiger partial charge >= 0.3 is 11.9 Å². The minimum Gasteiger partial charge on any atom is -0.462 e. The van der Waals surface area contributed by atoms with Crippen molar-refractivity contribution >= 4 is 40.3 Å². The third-order valence-corrected chi connectivity index (χ3v) is 5.80. The molecule has 1 amide bonds. The molecule has 1 aliphatic rings. The summed E-state index contributed by atoms with van der Waals surface area (Å²) in [6.07, 6.45) is 3.50. The number of aryl methyl sites for hydroxylation is 1. The van der Waals surface area contributed by atoms with Gasteiger partial charge in [0, 0.05) is 11.0 Å². The number of esters is 2. The highest BCUT2D eigenvalue weighted by molar-refractivity contribution is 7.17. The summed E-state index contributed by atoms with van der Waals surface area (Å²) in [5.74, 6) is -0.456. The standard InChI is InChI=1S/C22H23NO7S/c1-4-17-13(3)20(22(26)27-5-2)21(31-17)23-18(24)11-28-19(25)9-7-14-6-8-15-16(10-14)30-12-29-15/h6-10H,4-5,11-12H2,1-3H3,(H,23,24)/b9-7+. The van der Waals surface area contributed by atoms with Gasteiger partial charge in [0.05, 0.1) is 12.2 Å². The molecule has 0 atom stereocenters. The van der Waals surface area contributed by atoms with E-state index in [9.17, 15) is 14.4 Å². The minimum absolute atomic E-state index is 0.168. The molecule has 0 saturated heterocycles. The van der Waals surface area contributed by atoms with E-state index >= 15 is 0 Å². The van der Waals surface area contributed by atoms with Gasteiger partial charge in [-0.2, -0.15) is 0 Å². The van der Waals surface area contributed by atoms with Crippen LogP contribution in [0.3, 0.4) is 0 Å². The van der Waals surface area contributed by atoms with E-state index in [0.29, 0.717) is 22.1 Å². The second kappa shape index (κ2) is 10.1. The molecular formula is C22H23NO7S. The molecule has 2 heterocycles. The van der Waals surface area contributed by atoms with Gasteiger partial charge in [-0.25, -0.2) is 9.59 Å². The molecule has 0 radical (unpaired) electrons. The van der Waals surface area contributed by atoms with Crippen LogP contribution in [0.2, 0.25) is 0 Å². The van der Waals surface area contributed by atoms with Crippen LogP contribution in [-0.4, -0.2) is 37.9 Å². The molecule has 3 rings (SSSR count). The first-order chi connectivity index (χ1) is 14.9. The third-order valence-electron chi connectivity index (χ3n) is 4.45. The predicted molar refractivity (Wildman–Crippen MR) is 116 cm³/mol. The van der Waals surface area contributed by atoms with Crippen LogP contribution in [0.15, 0.2) is 24.3 Å². The average molecular weight is 445 g/mol. The Morgan fingerprint density at radius 2 is 1.94 bits per heavy atom. The summed E-state index contributed by atoms with van der Waals surface area (Å²) in [4.78, 5) is 37.5. The first-order valence-corrected chi connectivity index (χ1v) is 10.6. The Labute approximate surface area is 183 Å². The maximum Gasteiger partial charge on any atom is 0.341 e. The van der Waals surface area contributed by atoms with E-state index in [-0.39, 0.29) is 13.4 Å². The maximum atomic E-state index is 12.3. The fraction of sp³-hybridized carbons (Fsp3) is 0.318. The first-order valence-electron chi connectivity index (χ1n) is 9.76. The second-order valence-electron chi connectivity index (χ2n) is 6.53. The number of anilines is 1. The SMILES string of the molecule is CCOC(=O)c1c(NC(=O)COC(=O)/C=C/c2ccc3c(c2)OCO3)sc(CC)c1C. The van der Waals surface area contributed by atoms with Crippen LogP contribution in [0, 0.1) is 6.92 Å². The Balaban J connectivity index is 1.57. The third kappa shape index (κ3) is 5.43. The summed E-state index contributed by atoms with van der Waals surface area (Å²) in [5.41, 5.74) is 1.85. The monoisotopic (exact) mass is 445 g/mol. The van der Waals surface area contributed by atoms with Crippen molar-refractivity contribution < 1.29 is 33.3 Å². The Kier molecular flexibility index (Phi) is 7.30. The fourth-order valence-electron chi connectivity index (χ4n) is 2.96. The summed E-state index contributed by atoms with van der Waals surface area (Å²) in [5, 5.41) is 3.04. The van der Waals surface area contributed by atoms with Crippen LogP contribution < -0.4 is 14.8 Å². The van der Waals surface area contributed by atoms with Crippen molar-refractivity contribution in [1.29, 1.82) is 0 Å². The van der Waals surface area contributed by atoms with Gasteiger partial charge in [-0.15, -0.1) is 11.3 Å². The molecule has 1 aromatic heterocycles. The highest BCUT2D eigenvalue weighted by Crippen LogP contribution is 2.34. The summed E-state index contributed by atoms with van der Waals surface area (Å²) in [7, 11) is 0. The number of nitrogens with one attached hydrogen (secondary N) is 1. The lowest BCUT2D eigenvalue weighted by Gasteiger charge is -2.07. The van der Waals surface area contributed by atoms with Crippen molar-refractivity contribution in [3.8, 4) is 11.5 Å². The van der Waals surface area contributed by atoms with E-state index in [0.717, 1.165) is 22.4 Å². The van der Waals surface area contributed by atoms with Gasteiger partial charge in [0.2, 0.25) is 6.79 Å². The quantitative estimate of drug-likeness (QED) is 0.488. The van der Waals surface area contributed by atoms with Crippen LogP contribution >= 0.6 is 11.3 Å². The molecule has 1 aliphatic heterocycles. The van der Waals surface area contributed by atoms with Crippen LogP contribution in [0.5, 0.6) is 11.5 Å². The molecule has 8 nitrogen and oxygen atoms in total. The van der Waals surface area contributed by atoms with Gasteiger partial charge in [-0.1, -0.05) is 13.0 Å². The number of benzene rings is 1. The Morgan fingerprint density at radius 3 is 2.68 bits per heavy atom. The number of thiophene rings is 1. The Hall–Kier alpha value is -3.33. The van der Waals surface area contributed by atoms with E-state index in [1.165, 1.54) is 17.4 Å². The molecule has 0 bridgehead atoms. The molecule has 31 heavy (non-hydrogen) atoms. The van der Waals surface area contributed by atoms with Crippen molar-refractivity contribution in [3.63, 3.8) is 0 Å². The van der Waals surface area contributed by atoms with Crippen LogP contribution in [-0.2, 0) is 25.5 Å². The summed E-state index contributed by atoms with van der Waals surface area (Å²) in [6.45, 7) is 5.42. The highest BCUT2D eigenvalue weighted by atomic mass is 32.1. The van der Waals surface area contributed by atoms with E-state index in [1.54, 1.807) is 31.2 Å². The average Bonchev–Trinajstić information content (AvgIpc) is 3.34. The number of carbonyl (C=O) groups is 3. The number of fused-ring (bicyclic) bond motifs is 1. The number of hydrogen-bond acceptors (Lipinski definition) is 8. The van der Waals surface area contributed by atoms with Gasteiger partial charge in [-0.05, 0) is 49.6 Å². The van der Waals surface area contributed by atoms with E-state index in [4.69, 9.17) is 18.9 Å². The number of hydrogen-bond donors (Lipinski definition) is 1. The molecular weight excluding hydrogens is 422 g/mol. The summed E-state index contributed by atoms with van der Waals surface area (Å²) < 4.78 is 20.6. The van der Waals surface area contributed by atoms with Crippen molar-refractivity contribution in [2.24, 2.45) is 0 Å². The smallest absolute Gasteiger partial charge is 0.341 e. The van der Waals surface area contributed by atoms with Crippen molar-refractivity contribution in [3.05, 3.63) is 45.8 Å². The Morgan fingerprint density at radius 1 is 1.16 bits per heavy atom. The second-order valence-corrected chi connectivity index (χ2v) is 7.64. The van der Waals surface area contributed by atoms with E-state index < -0.39 is 24.5 Å². The maximum absolute atomic E-state index is 12.3. The molecule has 0 aliphatic carbocycles. The molecule has 164 valence electrons. The zero-order chi connectivity index (χ0) is 22.4. The van der Waals surface area contributed by atoms with Crippen LogP contribution in [0.4, 0.5) is 5.00 Å². The lowest BCUT2D eigenvalue weighted by molar-refractivity contribution is -0.142. The van der Waals surface area contributed by atoms with Crippen molar-refractivity contribution in [2.75, 3.05) is 25.3 Å². The van der Waals surface area contributed by atoms with E-state index in [2.05, 4.69) is 5.32 Å². The zero-order valence-electron chi connectivity index (χ0n) is 17.5. The Bertz CT molecular complexity index is 1030. The highest BCUT2D eigenvalue weighted by Gasteiger charge is 2.23. The minimum atomic E-state index is -0.671. The number of carbonyl (C=O) groups excluding carboxylic acids is 3. The van der Waals surface area contributed by atoms with Crippen LogP contribution in [0.1, 0.15) is 40.2 Å². The molecule has 1 aromatic carbocycles. The first kappa shape index (κ1) is 22.4. The molecule has 0 spiro atoms. The fourth-order valence-corrected chi connectivity index (χ4v) is 4.11. The molecule has 0 saturated carbocycles. The lowest BCUT2D eigenvalue weighted by Crippen LogP contribution is -2.21. The largest absolute Gasteiger partial charge is 0.462 e. The van der Waals surface area contributed by atoms with Gasteiger partial charge < -0.3 is 24.3 Å². The van der Waals surface area contributed by atoms with Gasteiger partial charge in [0.1, 0.15) is 5.00 Å². The van der Waals surface area contributed by atoms with Gasteiger partial charge in [-0.3, -0.25) is 4.79 Å². The number of ether oxygens (including phenoxy) is 4.